The van der Waals surface area contributed by atoms with Gasteiger partial charge in [-0.05, 0) is 54.8 Å². The van der Waals surface area contributed by atoms with Gasteiger partial charge in [0, 0.05) is 5.02 Å². The van der Waals surface area contributed by atoms with Gasteiger partial charge in [-0.15, -0.1) is 0 Å². The minimum Gasteiger partial charge on any atom is -0.489 e. The van der Waals surface area contributed by atoms with Crippen LogP contribution in [0, 0.1) is 13.8 Å². The summed E-state index contributed by atoms with van der Waals surface area (Å²) in [4.78, 5) is 0. The maximum absolute atomic E-state index is 5.81. The summed E-state index contributed by atoms with van der Waals surface area (Å²) in [5.74, 6) is 0.840. The van der Waals surface area contributed by atoms with E-state index >= 15 is 0 Å². The Labute approximate surface area is 107 Å². The van der Waals surface area contributed by atoms with Crippen LogP contribution >= 0.6 is 11.6 Å². The summed E-state index contributed by atoms with van der Waals surface area (Å²) in [7, 11) is 0. The van der Waals surface area contributed by atoms with Crippen molar-refractivity contribution in [3.8, 4) is 5.75 Å². The number of rotatable bonds is 3. The van der Waals surface area contributed by atoms with E-state index in [1.54, 1.807) is 0 Å². The molecule has 88 valence electrons. The van der Waals surface area contributed by atoms with E-state index in [0.29, 0.717) is 6.61 Å². The zero-order chi connectivity index (χ0) is 12.3. The molecule has 0 aromatic heterocycles. The molecule has 0 fully saturated rings. The number of benzene rings is 2. The predicted octanol–water partition coefficient (Wildman–Crippen LogP) is 4.54. The van der Waals surface area contributed by atoms with Crippen LogP contribution < -0.4 is 4.74 Å². The summed E-state index contributed by atoms with van der Waals surface area (Å²) in [5.41, 5.74) is 3.78. The van der Waals surface area contributed by atoms with Gasteiger partial charge in [-0.3, -0.25) is 0 Å². The summed E-state index contributed by atoms with van der Waals surface area (Å²) in [6.07, 6.45) is 0. The minimum atomic E-state index is 0.586. The number of hydrogen-bond acceptors (Lipinski definition) is 1. The van der Waals surface area contributed by atoms with E-state index < -0.39 is 0 Å². The summed E-state index contributed by atoms with van der Waals surface area (Å²) in [6.45, 7) is 4.81. The molecule has 0 radical (unpaired) electrons. The molecule has 0 saturated carbocycles. The topological polar surface area (TPSA) is 9.23 Å². The Kier molecular flexibility index (Phi) is 3.70. The third-order valence-corrected chi connectivity index (χ3v) is 3.04. The Balaban J connectivity index is 2.02. The van der Waals surface area contributed by atoms with Crippen molar-refractivity contribution in [3.05, 3.63) is 64.2 Å². The van der Waals surface area contributed by atoms with E-state index in [1.807, 2.05) is 24.3 Å². The lowest BCUT2D eigenvalue weighted by molar-refractivity contribution is 0.306. The predicted molar refractivity (Wildman–Crippen MR) is 71.7 cm³/mol. The fourth-order valence-corrected chi connectivity index (χ4v) is 1.72. The Morgan fingerprint density at radius 1 is 0.941 bits per heavy atom. The molecule has 0 aliphatic rings. The van der Waals surface area contributed by atoms with E-state index in [-0.39, 0.29) is 0 Å². The van der Waals surface area contributed by atoms with Gasteiger partial charge in [-0.1, -0.05) is 29.8 Å². The second-order valence-electron chi connectivity index (χ2n) is 4.16. The second kappa shape index (κ2) is 5.24. The highest BCUT2D eigenvalue weighted by Crippen LogP contribution is 2.17. The van der Waals surface area contributed by atoms with Gasteiger partial charge in [0.15, 0.2) is 0 Å². The molecule has 2 heteroatoms. The highest BCUT2D eigenvalue weighted by Gasteiger charge is 1.98. The van der Waals surface area contributed by atoms with Gasteiger partial charge in [-0.25, -0.2) is 0 Å². The van der Waals surface area contributed by atoms with Gasteiger partial charge in [0.05, 0.1) is 0 Å². The van der Waals surface area contributed by atoms with Crippen molar-refractivity contribution in [2.24, 2.45) is 0 Å². The van der Waals surface area contributed by atoms with Crippen molar-refractivity contribution in [1.82, 2.24) is 0 Å². The number of hydrogen-bond donors (Lipinski definition) is 0. The van der Waals surface area contributed by atoms with Crippen LogP contribution in [0.1, 0.15) is 16.7 Å². The molecule has 1 nitrogen and oxygen atoms in total. The van der Waals surface area contributed by atoms with E-state index in [0.717, 1.165) is 10.8 Å². The van der Waals surface area contributed by atoms with Crippen LogP contribution in [-0.4, -0.2) is 0 Å². The van der Waals surface area contributed by atoms with Gasteiger partial charge in [0.25, 0.3) is 0 Å². The van der Waals surface area contributed by atoms with E-state index in [4.69, 9.17) is 16.3 Å². The van der Waals surface area contributed by atoms with Crippen molar-refractivity contribution in [2.75, 3.05) is 0 Å². The molecule has 0 spiro atoms. The molecular formula is C15H15ClO. The molecule has 0 aliphatic heterocycles. The first-order valence-electron chi connectivity index (χ1n) is 5.59. The Morgan fingerprint density at radius 3 is 2.29 bits per heavy atom. The lowest BCUT2D eigenvalue weighted by Crippen LogP contribution is -1.96. The Hall–Kier alpha value is -1.47. The average molecular weight is 247 g/mol. The molecule has 0 heterocycles. The fraction of sp³-hybridized carbons (Fsp3) is 0.200. The minimum absolute atomic E-state index is 0.586. The first kappa shape index (κ1) is 12.0. The highest BCUT2D eigenvalue weighted by atomic mass is 35.5. The smallest absolute Gasteiger partial charge is 0.119 e. The van der Waals surface area contributed by atoms with Crippen LogP contribution in [0.15, 0.2) is 42.5 Å². The lowest BCUT2D eigenvalue weighted by atomic mass is 10.1. The first-order valence-corrected chi connectivity index (χ1v) is 5.97. The molecule has 0 amide bonds. The van der Waals surface area contributed by atoms with Crippen LogP contribution in [-0.2, 0) is 6.61 Å². The zero-order valence-corrected chi connectivity index (χ0v) is 10.8. The van der Waals surface area contributed by atoms with Gasteiger partial charge in [-0.2, -0.15) is 0 Å². The van der Waals surface area contributed by atoms with Crippen molar-refractivity contribution in [3.63, 3.8) is 0 Å². The first-order chi connectivity index (χ1) is 8.15. The fourth-order valence-electron chi connectivity index (χ4n) is 1.59. The van der Waals surface area contributed by atoms with E-state index in [2.05, 4.69) is 32.0 Å². The summed E-state index contributed by atoms with van der Waals surface area (Å²) < 4.78 is 5.68. The molecule has 2 aromatic rings. The Bertz CT molecular complexity index is 503. The van der Waals surface area contributed by atoms with Crippen LogP contribution in [0.5, 0.6) is 5.75 Å². The molecule has 17 heavy (non-hydrogen) atoms. The maximum Gasteiger partial charge on any atom is 0.119 e. The lowest BCUT2D eigenvalue weighted by Gasteiger charge is -2.08. The van der Waals surface area contributed by atoms with Crippen molar-refractivity contribution >= 4 is 11.6 Å². The standard InChI is InChI=1S/C15H15ClO/c1-11-3-4-13(9-12(11)2)10-17-15-7-5-14(16)6-8-15/h3-9H,10H2,1-2H3. The number of halogens is 1. The molecular weight excluding hydrogens is 232 g/mol. The quantitative estimate of drug-likeness (QED) is 0.773. The highest BCUT2D eigenvalue weighted by molar-refractivity contribution is 6.30. The van der Waals surface area contributed by atoms with Crippen molar-refractivity contribution < 1.29 is 4.74 Å². The zero-order valence-electron chi connectivity index (χ0n) is 10.0. The molecule has 2 aromatic carbocycles. The van der Waals surface area contributed by atoms with E-state index in [1.165, 1.54) is 16.7 Å². The molecule has 0 unspecified atom stereocenters. The molecule has 0 bridgehead atoms. The van der Waals surface area contributed by atoms with Gasteiger partial charge in [0.2, 0.25) is 0 Å². The maximum atomic E-state index is 5.81. The van der Waals surface area contributed by atoms with Crippen LogP contribution in [0.2, 0.25) is 5.02 Å². The van der Waals surface area contributed by atoms with Crippen LogP contribution in [0.25, 0.3) is 0 Å². The third-order valence-electron chi connectivity index (χ3n) is 2.79. The van der Waals surface area contributed by atoms with Crippen molar-refractivity contribution in [1.29, 1.82) is 0 Å². The molecule has 2 rings (SSSR count). The molecule has 0 saturated heterocycles. The van der Waals surface area contributed by atoms with Gasteiger partial charge >= 0.3 is 0 Å². The SMILES string of the molecule is Cc1ccc(COc2ccc(Cl)cc2)cc1C. The summed E-state index contributed by atoms with van der Waals surface area (Å²) in [6, 6.07) is 13.8. The third kappa shape index (κ3) is 3.24. The van der Waals surface area contributed by atoms with Gasteiger partial charge in [0.1, 0.15) is 12.4 Å². The van der Waals surface area contributed by atoms with Crippen molar-refractivity contribution in [2.45, 2.75) is 20.5 Å². The number of aryl methyl sites for hydroxylation is 2. The normalized spacial score (nSPS) is 10.3. The van der Waals surface area contributed by atoms with Crippen LogP contribution in [0.3, 0.4) is 0 Å². The number of ether oxygens (including phenoxy) is 1. The second-order valence-corrected chi connectivity index (χ2v) is 4.60. The Morgan fingerprint density at radius 2 is 1.65 bits per heavy atom. The molecule has 0 atom stereocenters. The average Bonchev–Trinajstić information content (AvgIpc) is 2.33. The molecule has 0 N–H and O–H groups in total. The van der Waals surface area contributed by atoms with Crippen LogP contribution in [0.4, 0.5) is 0 Å². The molecule has 0 aliphatic carbocycles. The summed E-state index contributed by atoms with van der Waals surface area (Å²) in [5, 5.41) is 0.725. The largest absolute Gasteiger partial charge is 0.489 e. The summed E-state index contributed by atoms with van der Waals surface area (Å²) >= 11 is 5.81. The van der Waals surface area contributed by atoms with E-state index in [9.17, 15) is 0 Å². The van der Waals surface area contributed by atoms with Gasteiger partial charge < -0.3 is 4.74 Å². The monoisotopic (exact) mass is 246 g/mol.